The van der Waals surface area contributed by atoms with Crippen LogP contribution < -0.4 is 5.73 Å². The minimum absolute atomic E-state index is 0.218. The zero-order chi connectivity index (χ0) is 12.4. The van der Waals surface area contributed by atoms with E-state index in [2.05, 4.69) is 4.98 Å². The van der Waals surface area contributed by atoms with Crippen LogP contribution >= 0.6 is 11.8 Å². The summed E-state index contributed by atoms with van der Waals surface area (Å²) < 4.78 is 1.84. The summed E-state index contributed by atoms with van der Waals surface area (Å²) in [4.78, 5) is 15.7. The molecule has 0 aliphatic carbocycles. The van der Waals surface area contributed by atoms with Crippen LogP contribution in [0.2, 0.25) is 0 Å². The molecule has 6 heteroatoms. The average Bonchev–Trinajstić information content (AvgIpc) is 2.67. The second kappa shape index (κ2) is 4.50. The minimum atomic E-state index is -0.966. The van der Waals surface area contributed by atoms with E-state index in [9.17, 15) is 4.79 Å². The minimum Gasteiger partial charge on any atom is -0.478 e. The summed E-state index contributed by atoms with van der Waals surface area (Å²) in [6, 6.07) is 4.63. The number of carboxylic acids is 1. The zero-order valence-electron chi connectivity index (χ0n) is 9.12. The van der Waals surface area contributed by atoms with Gasteiger partial charge in [0.05, 0.1) is 5.56 Å². The van der Waals surface area contributed by atoms with Gasteiger partial charge < -0.3 is 15.4 Å². The van der Waals surface area contributed by atoms with Gasteiger partial charge in [-0.2, -0.15) is 0 Å². The molecular formula is C11H11N3O2S. The maximum atomic E-state index is 10.9. The van der Waals surface area contributed by atoms with Crippen molar-refractivity contribution in [3.05, 3.63) is 36.2 Å². The predicted molar refractivity (Wildman–Crippen MR) is 65.1 cm³/mol. The summed E-state index contributed by atoms with van der Waals surface area (Å²) in [5.74, 6) is -0.966. The number of nitrogen functional groups attached to an aromatic ring is 1. The second-order valence-corrected chi connectivity index (χ2v) is 4.49. The molecule has 3 N–H and O–H groups in total. The van der Waals surface area contributed by atoms with Gasteiger partial charge in [-0.25, -0.2) is 9.78 Å². The molecule has 2 rings (SSSR count). The molecule has 1 aromatic heterocycles. The number of hydrogen-bond donors (Lipinski definition) is 2. The molecule has 1 heterocycles. The van der Waals surface area contributed by atoms with Crippen LogP contribution in [0.15, 0.2) is 40.6 Å². The van der Waals surface area contributed by atoms with Gasteiger partial charge in [0.15, 0.2) is 5.16 Å². The SMILES string of the molecule is Cn1ccnc1Sc1cc(C(=O)O)ccc1N. The molecule has 17 heavy (non-hydrogen) atoms. The molecule has 2 aromatic rings. The Morgan fingerprint density at radius 3 is 2.88 bits per heavy atom. The molecule has 0 radical (unpaired) electrons. The van der Waals surface area contributed by atoms with E-state index in [1.807, 2.05) is 17.8 Å². The molecule has 0 saturated heterocycles. The number of hydrogen-bond acceptors (Lipinski definition) is 4. The van der Waals surface area contributed by atoms with Crippen molar-refractivity contribution in [3.63, 3.8) is 0 Å². The highest BCUT2D eigenvalue weighted by Gasteiger charge is 2.10. The standard InChI is InChI=1S/C11H11N3O2S/c1-14-5-4-13-11(14)17-9-6-7(10(15)16)2-3-8(9)12/h2-6H,12H2,1H3,(H,15,16). The lowest BCUT2D eigenvalue weighted by Gasteiger charge is -2.06. The largest absolute Gasteiger partial charge is 0.478 e. The molecule has 0 aliphatic rings. The fraction of sp³-hybridized carbons (Fsp3) is 0.0909. The highest BCUT2D eigenvalue weighted by molar-refractivity contribution is 7.99. The number of aromatic nitrogens is 2. The second-order valence-electron chi connectivity index (χ2n) is 3.48. The van der Waals surface area contributed by atoms with Gasteiger partial charge in [0.2, 0.25) is 0 Å². The lowest BCUT2D eigenvalue weighted by atomic mass is 10.2. The van der Waals surface area contributed by atoms with Crippen LogP contribution in [0.1, 0.15) is 10.4 Å². The number of rotatable bonds is 3. The number of nitrogens with two attached hydrogens (primary N) is 1. The number of anilines is 1. The van der Waals surface area contributed by atoms with E-state index in [4.69, 9.17) is 10.8 Å². The molecule has 1 aromatic carbocycles. The third-order valence-electron chi connectivity index (χ3n) is 2.24. The van der Waals surface area contributed by atoms with E-state index in [0.717, 1.165) is 5.16 Å². The zero-order valence-corrected chi connectivity index (χ0v) is 9.94. The number of aromatic carboxylic acids is 1. The van der Waals surface area contributed by atoms with Gasteiger partial charge in [0.25, 0.3) is 0 Å². The Morgan fingerprint density at radius 2 is 2.29 bits per heavy atom. The Bertz CT molecular complexity index is 566. The van der Waals surface area contributed by atoms with Crippen molar-refractivity contribution in [2.75, 3.05) is 5.73 Å². The first kappa shape index (κ1) is 11.5. The third kappa shape index (κ3) is 2.42. The molecule has 0 fully saturated rings. The van der Waals surface area contributed by atoms with Crippen molar-refractivity contribution in [1.29, 1.82) is 0 Å². The number of imidazole rings is 1. The Hall–Kier alpha value is -1.95. The third-order valence-corrected chi connectivity index (χ3v) is 3.39. The fourth-order valence-corrected chi connectivity index (χ4v) is 2.19. The van der Waals surface area contributed by atoms with E-state index < -0.39 is 5.97 Å². The normalized spacial score (nSPS) is 10.4. The molecule has 0 amide bonds. The van der Waals surface area contributed by atoms with Crippen LogP contribution in [0, 0.1) is 0 Å². The van der Waals surface area contributed by atoms with Gasteiger partial charge >= 0.3 is 5.97 Å². The number of carbonyl (C=O) groups is 1. The molecule has 0 saturated carbocycles. The van der Waals surface area contributed by atoms with Crippen LogP contribution in [0.25, 0.3) is 0 Å². The quantitative estimate of drug-likeness (QED) is 0.811. The van der Waals surface area contributed by atoms with Crippen molar-refractivity contribution >= 4 is 23.4 Å². The van der Waals surface area contributed by atoms with Gasteiger partial charge in [-0.3, -0.25) is 0 Å². The van der Waals surface area contributed by atoms with Crippen LogP contribution in [-0.2, 0) is 7.05 Å². The van der Waals surface area contributed by atoms with Gasteiger partial charge in [0, 0.05) is 30.0 Å². The van der Waals surface area contributed by atoms with Crippen LogP contribution in [-0.4, -0.2) is 20.6 Å². The van der Waals surface area contributed by atoms with E-state index in [-0.39, 0.29) is 5.56 Å². The van der Waals surface area contributed by atoms with Crippen molar-refractivity contribution in [2.45, 2.75) is 10.1 Å². The van der Waals surface area contributed by atoms with Crippen molar-refractivity contribution in [3.8, 4) is 0 Å². The Labute approximate surface area is 102 Å². The molecule has 0 unspecified atom stereocenters. The number of aryl methyl sites for hydroxylation is 1. The van der Waals surface area contributed by atoms with Gasteiger partial charge in [-0.1, -0.05) is 0 Å². The van der Waals surface area contributed by atoms with Crippen molar-refractivity contribution in [1.82, 2.24) is 9.55 Å². The molecule has 0 bridgehead atoms. The van der Waals surface area contributed by atoms with Crippen LogP contribution in [0.5, 0.6) is 0 Å². The average molecular weight is 249 g/mol. The fourth-order valence-electron chi connectivity index (χ4n) is 1.30. The Kier molecular flexibility index (Phi) is 3.06. The van der Waals surface area contributed by atoms with Crippen LogP contribution in [0.3, 0.4) is 0 Å². The molecule has 0 atom stereocenters. The lowest BCUT2D eigenvalue weighted by Crippen LogP contribution is -1.99. The maximum absolute atomic E-state index is 10.9. The Morgan fingerprint density at radius 1 is 1.53 bits per heavy atom. The first-order valence-electron chi connectivity index (χ1n) is 4.86. The predicted octanol–water partition coefficient (Wildman–Crippen LogP) is 1.85. The van der Waals surface area contributed by atoms with E-state index >= 15 is 0 Å². The maximum Gasteiger partial charge on any atom is 0.335 e. The van der Waals surface area contributed by atoms with Gasteiger partial charge in [0.1, 0.15) is 0 Å². The van der Waals surface area contributed by atoms with E-state index in [0.29, 0.717) is 10.6 Å². The number of nitrogens with zero attached hydrogens (tertiary/aromatic N) is 2. The highest BCUT2D eigenvalue weighted by atomic mass is 32.2. The summed E-state index contributed by atoms with van der Waals surface area (Å²) in [6.45, 7) is 0. The van der Waals surface area contributed by atoms with Gasteiger partial charge in [-0.15, -0.1) is 0 Å². The highest BCUT2D eigenvalue weighted by Crippen LogP contribution is 2.31. The smallest absolute Gasteiger partial charge is 0.335 e. The molecule has 0 spiro atoms. The lowest BCUT2D eigenvalue weighted by molar-refractivity contribution is 0.0696. The van der Waals surface area contributed by atoms with Crippen molar-refractivity contribution in [2.24, 2.45) is 7.05 Å². The van der Waals surface area contributed by atoms with Crippen LogP contribution in [0.4, 0.5) is 5.69 Å². The molecular weight excluding hydrogens is 238 g/mol. The number of carboxylic acid groups (broad SMARTS) is 1. The molecule has 0 aliphatic heterocycles. The van der Waals surface area contributed by atoms with Gasteiger partial charge in [-0.05, 0) is 30.0 Å². The first-order chi connectivity index (χ1) is 8.08. The summed E-state index contributed by atoms with van der Waals surface area (Å²) in [7, 11) is 1.87. The van der Waals surface area contributed by atoms with Crippen molar-refractivity contribution < 1.29 is 9.90 Å². The molecule has 88 valence electrons. The summed E-state index contributed by atoms with van der Waals surface area (Å²) in [6.07, 6.45) is 3.50. The summed E-state index contributed by atoms with van der Waals surface area (Å²) in [5.41, 5.74) is 6.57. The molecule has 5 nitrogen and oxygen atoms in total. The topological polar surface area (TPSA) is 81.1 Å². The summed E-state index contributed by atoms with van der Waals surface area (Å²) in [5, 5.41) is 9.67. The Balaban J connectivity index is 2.35. The van der Waals surface area contributed by atoms with E-state index in [1.165, 1.54) is 17.8 Å². The monoisotopic (exact) mass is 249 g/mol. The summed E-state index contributed by atoms with van der Waals surface area (Å²) >= 11 is 1.34. The van der Waals surface area contributed by atoms with E-state index in [1.54, 1.807) is 18.3 Å². The number of benzene rings is 1. The first-order valence-corrected chi connectivity index (χ1v) is 5.67.